The summed E-state index contributed by atoms with van der Waals surface area (Å²) >= 11 is 0. The summed E-state index contributed by atoms with van der Waals surface area (Å²) in [5.74, 6) is 0.0365. The van der Waals surface area contributed by atoms with Gasteiger partial charge in [0, 0.05) is 13.0 Å². The van der Waals surface area contributed by atoms with E-state index in [-0.39, 0.29) is 5.91 Å². The first-order valence-electron chi connectivity index (χ1n) is 4.85. The highest BCUT2D eigenvalue weighted by atomic mass is 16.5. The van der Waals surface area contributed by atoms with Crippen molar-refractivity contribution in [2.75, 3.05) is 26.3 Å². The standard InChI is InChI=1S/C10H20N2O2/c1-9(2)8-14-7-6-12-10(13)4-3-5-11/h1,3-8,11H2,2H3,(H,12,13). The molecule has 14 heavy (non-hydrogen) atoms. The lowest BCUT2D eigenvalue weighted by atomic mass is 10.3. The maximum Gasteiger partial charge on any atom is 0.220 e. The van der Waals surface area contributed by atoms with E-state index in [1.165, 1.54) is 0 Å². The van der Waals surface area contributed by atoms with Gasteiger partial charge in [0.05, 0.1) is 13.2 Å². The minimum absolute atomic E-state index is 0.0365. The zero-order chi connectivity index (χ0) is 10.8. The van der Waals surface area contributed by atoms with Gasteiger partial charge in [-0.05, 0) is 19.9 Å². The lowest BCUT2D eigenvalue weighted by Crippen LogP contribution is -2.27. The van der Waals surface area contributed by atoms with Gasteiger partial charge in [0.1, 0.15) is 0 Å². The topological polar surface area (TPSA) is 64.3 Å². The molecule has 4 heteroatoms. The Labute approximate surface area is 85.5 Å². The first kappa shape index (κ1) is 13.1. The summed E-state index contributed by atoms with van der Waals surface area (Å²) in [5.41, 5.74) is 6.26. The smallest absolute Gasteiger partial charge is 0.220 e. The van der Waals surface area contributed by atoms with Crippen LogP contribution in [0.2, 0.25) is 0 Å². The van der Waals surface area contributed by atoms with Crippen molar-refractivity contribution in [3.63, 3.8) is 0 Å². The average Bonchev–Trinajstić information content (AvgIpc) is 2.13. The summed E-state index contributed by atoms with van der Waals surface area (Å²) in [6.45, 7) is 7.80. The van der Waals surface area contributed by atoms with Crippen molar-refractivity contribution in [1.29, 1.82) is 0 Å². The molecule has 0 spiro atoms. The number of rotatable bonds is 8. The first-order chi connectivity index (χ1) is 6.66. The van der Waals surface area contributed by atoms with E-state index in [2.05, 4.69) is 11.9 Å². The van der Waals surface area contributed by atoms with Crippen LogP contribution in [0.3, 0.4) is 0 Å². The van der Waals surface area contributed by atoms with Gasteiger partial charge in [-0.2, -0.15) is 0 Å². The van der Waals surface area contributed by atoms with Crippen LogP contribution in [-0.2, 0) is 9.53 Å². The van der Waals surface area contributed by atoms with E-state index in [1.54, 1.807) is 0 Å². The molecule has 0 aromatic heterocycles. The van der Waals surface area contributed by atoms with Gasteiger partial charge < -0.3 is 15.8 Å². The van der Waals surface area contributed by atoms with E-state index in [1.807, 2.05) is 6.92 Å². The Morgan fingerprint density at radius 2 is 2.29 bits per heavy atom. The molecule has 0 heterocycles. The highest BCUT2D eigenvalue weighted by molar-refractivity contribution is 5.75. The van der Waals surface area contributed by atoms with Crippen molar-refractivity contribution in [3.05, 3.63) is 12.2 Å². The number of ether oxygens (including phenoxy) is 1. The summed E-state index contributed by atoms with van der Waals surface area (Å²) in [7, 11) is 0. The molecule has 0 rings (SSSR count). The number of hydrogen-bond donors (Lipinski definition) is 2. The van der Waals surface area contributed by atoms with Gasteiger partial charge >= 0.3 is 0 Å². The van der Waals surface area contributed by atoms with Gasteiger partial charge in [-0.15, -0.1) is 0 Å². The Morgan fingerprint density at radius 1 is 1.57 bits per heavy atom. The summed E-state index contributed by atoms with van der Waals surface area (Å²) in [4.78, 5) is 11.1. The highest BCUT2D eigenvalue weighted by Crippen LogP contribution is 1.88. The van der Waals surface area contributed by atoms with E-state index < -0.39 is 0 Å². The molecule has 82 valence electrons. The Morgan fingerprint density at radius 3 is 2.86 bits per heavy atom. The SMILES string of the molecule is C=C(C)COCCNC(=O)CCCN. The fourth-order valence-electron chi connectivity index (χ4n) is 0.860. The third kappa shape index (κ3) is 9.22. The molecule has 0 radical (unpaired) electrons. The second-order valence-electron chi connectivity index (χ2n) is 3.25. The number of nitrogens with two attached hydrogens (primary N) is 1. The largest absolute Gasteiger partial charge is 0.375 e. The number of hydrogen-bond acceptors (Lipinski definition) is 3. The molecule has 4 nitrogen and oxygen atoms in total. The number of nitrogens with one attached hydrogen (secondary N) is 1. The molecule has 0 atom stereocenters. The quantitative estimate of drug-likeness (QED) is 0.441. The minimum Gasteiger partial charge on any atom is -0.375 e. The molecule has 0 aliphatic rings. The third-order valence-corrected chi connectivity index (χ3v) is 1.52. The maximum absolute atomic E-state index is 11.1. The molecule has 0 unspecified atom stereocenters. The lowest BCUT2D eigenvalue weighted by Gasteiger charge is -2.05. The fraction of sp³-hybridized carbons (Fsp3) is 0.700. The number of carbonyl (C=O) groups excluding carboxylic acids is 1. The van der Waals surface area contributed by atoms with Crippen LogP contribution in [0, 0.1) is 0 Å². The number of carbonyl (C=O) groups is 1. The number of amides is 1. The van der Waals surface area contributed by atoms with E-state index >= 15 is 0 Å². The van der Waals surface area contributed by atoms with E-state index in [9.17, 15) is 4.79 Å². The van der Waals surface area contributed by atoms with Crippen LogP contribution in [-0.4, -0.2) is 32.2 Å². The average molecular weight is 200 g/mol. The molecular formula is C10H20N2O2. The molecule has 0 aliphatic heterocycles. The summed E-state index contributed by atoms with van der Waals surface area (Å²) in [5, 5.41) is 2.74. The molecular weight excluding hydrogens is 180 g/mol. The second kappa shape index (κ2) is 8.72. The van der Waals surface area contributed by atoms with Crippen molar-refractivity contribution >= 4 is 5.91 Å². The Hall–Kier alpha value is -0.870. The predicted molar refractivity (Wildman–Crippen MR) is 56.9 cm³/mol. The van der Waals surface area contributed by atoms with E-state index in [0.29, 0.717) is 32.7 Å². The van der Waals surface area contributed by atoms with Gasteiger partial charge in [-0.25, -0.2) is 0 Å². The highest BCUT2D eigenvalue weighted by Gasteiger charge is 1.98. The van der Waals surface area contributed by atoms with Crippen molar-refractivity contribution in [2.24, 2.45) is 5.73 Å². The maximum atomic E-state index is 11.1. The van der Waals surface area contributed by atoms with Gasteiger partial charge in [0.15, 0.2) is 0 Å². The van der Waals surface area contributed by atoms with Crippen LogP contribution < -0.4 is 11.1 Å². The molecule has 1 amide bonds. The summed E-state index contributed by atoms with van der Waals surface area (Å²) in [6.07, 6.45) is 1.23. The Bertz CT molecular complexity index is 181. The van der Waals surface area contributed by atoms with Crippen LogP contribution in [0.25, 0.3) is 0 Å². The molecule has 0 aromatic carbocycles. The van der Waals surface area contributed by atoms with Gasteiger partial charge in [0.25, 0.3) is 0 Å². The Kier molecular flexibility index (Phi) is 8.17. The molecule has 0 saturated heterocycles. The molecule has 0 bridgehead atoms. The summed E-state index contributed by atoms with van der Waals surface area (Å²) in [6, 6.07) is 0. The van der Waals surface area contributed by atoms with Crippen LogP contribution in [0.5, 0.6) is 0 Å². The van der Waals surface area contributed by atoms with E-state index in [4.69, 9.17) is 10.5 Å². The van der Waals surface area contributed by atoms with Gasteiger partial charge in [0.2, 0.25) is 5.91 Å². The zero-order valence-electron chi connectivity index (χ0n) is 8.84. The second-order valence-corrected chi connectivity index (χ2v) is 3.25. The molecule has 3 N–H and O–H groups in total. The van der Waals surface area contributed by atoms with Gasteiger partial charge in [-0.1, -0.05) is 12.2 Å². The molecule has 0 aromatic rings. The van der Waals surface area contributed by atoms with Crippen molar-refractivity contribution in [2.45, 2.75) is 19.8 Å². The molecule has 0 fully saturated rings. The third-order valence-electron chi connectivity index (χ3n) is 1.52. The lowest BCUT2D eigenvalue weighted by molar-refractivity contribution is -0.121. The summed E-state index contributed by atoms with van der Waals surface area (Å²) < 4.78 is 5.21. The van der Waals surface area contributed by atoms with Crippen LogP contribution in [0.4, 0.5) is 0 Å². The van der Waals surface area contributed by atoms with Gasteiger partial charge in [-0.3, -0.25) is 4.79 Å². The minimum atomic E-state index is 0.0365. The first-order valence-corrected chi connectivity index (χ1v) is 4.85. The van der Waals surface area contributed by atoms with E-state index in [0.717, 1.165) is 12.0 Å². The normalized spacial score (nSPS) is 9.86. The van der Waals surface area contributed by atoms with Crippen molar-refractivity contribution < 1.29 is 9.53 Å². The van der Waals surface area contributed by atoms with Crippen LogP contribution >= 0.6 is 0 Å². The van der Waals surface area contributed by atoms with Crippen molar-refractivity contribution in [1.82, 2.24) is 5.32 Å². The fourth-order valence-corrected chi connectivity index (χ4v) is 0.860. The Balaban J connectivity index is 3.19. The van der Waals surface area contributed by atoms with Crippen LogP contribution in [0.15, 0.2) is 12.2 Å². The van der Waals surface area contributed by atoms with Crippen molar-refractivity contribution in [3.8, 4) is 0 Å². The predicted octanol–water partition coefficient (Wildman–Crippen LogP) is 0.434. The van der Waals surface area contributed by atoms with Crippen LogP contribution in [0.1, 0.15) is 19.8 Å². The molecule has 0 aliphatic carbocycles. The monoisotopic (exact) mass is 200 g/mol. The zero-order valence-corrected chi connectivity index (χ0v) is 8.84. The molecule has 0 saturated carbocycles.